The molecule has 6 nitrogen and oxygen atoms in total. The Labute approximate surface area is 223 Å². The molecule has 0 N–H and O–H groups in total. The molecular formula is C32H34O6. The number of aryl methyl sites for hydroxylation is 1. The standard InChI is InChI=1S/C32H34O6/c1-4-7-9-15-25(33)37-31-23-14-12-11-13-21(23)29(35)28-27(31)30(36)22-18-17-20(6-3)19-24(22)32(28)38-26(34)16-10-8-5-2/h11-14,17-19H,4-10,15-16H2,1-3H3. The molecule has 0 amide bonds. The van der Waals surface area contributed by atoms with Crippen LogP contribution in [0.4, 0.5) is 0 Å². The molecule has 0 spiro atoms. The Kier molecular flexibility index (Phi) is 8.72. The zero-order valence-corrected chi connectivity index (χ0v) is 22.4. The summed E-state index contributed by atoms with van der Waals surface area (Å²) in [6.07, 6.45) is 6.10. The van der Waals surface area contributed by atoms with Gasteiger partial charge in [-0.05, 0) is 30.9 Å². The molecule has 198 valence electrons. The minimum atomic E-state index is -0.470. The van der Waals surface area contributed by atoms with Crippen molar-refractivity contribution in [2.45, 2.75) is 78.6 Å². The van der Waals surface area contributed by atoms with Gasteiger partial charge in [0.1, 0.15) is 0 Å². The van der Waals surface area contributed by atoms with Crippen LogP contribution in [0.1, 0.15) is 110 Å². The Balaban J connectivity index is 1.92. The molecule has 0 atom stereocenters. The van der Waals surface area contributed by atoms with Crippen molar-refractivity contribution in [3.63, 3.8) is 0 Å². The molecule has 0 bridgehead atoms. The molecule has 6 heteroatoms. The van der Waals surface area contributed by atoms with Gasteiger partial charge in [-0.15, -0.1) is 0 Å². The molecule has 2 aromatic rings. The fourth-order valence-electron chi connectivity index (χ4n) is 4.86. The van der Waals surface area contributed by atoms with Crippen molar-refractivity contribution in [3.05, 3.63) is 81.4 Å². The first-order chi connectivity index (χ1) is 18.4. The van der Waals surface area contributed by atoms with Crippen LogP contribution in [0, 0.1) is 0 Å². The number of Topliss-reactive ketones (excluding diaryl/α,β-unsaturated/α-hetero) is 2. The fourth-order valence-corrected chi connectivity index (χ4v) is 4.86. The SMILES string of the molecule is CCCCCC(=O)OC1=C2C(=O)c3ccc(CC)cc3C(OC(=O)CCCCC)=C2C(=O)c2ccccc21. The molecule has 2 aliphatic rings. The summed E-state index contributed by atoms with van der Waals surface area (Å²) in [6, 6.07) is 12.1. The number of allylic oxidation sites excluding steroid dienone is 2. The van der Waals surface area contributed by atoms with Gasteiger partial charge in [-0.3, -0.25) is 19.2 Å². The molecule has 0 saturated heterocycles. The molecule has 38 heavy (non-hydrogen) atoms. The van der Waals surface area contributed by atoms with Crippen LogP contribution in [-0.4, -0.2) is 23.5 Å². The molecular weight excluding hydrogens is 480 g/mol. The molecule has 2 aliphatic carbocycles. The second-order valence-electron chi connectivity index (χ2n) is 9.71. The van der Waals surface area contributed by atoms with E-state index in [2.05, 4.69) is 0 Å². The molecule has 0 fully saturated rings. The number of benzene rings is 2. The maximum atomic E-state index is 13.9. The maximum Gasteiger partial charge on any atom is 0.311 e. The van der Waals surface area contributed by atoms with Gasteiger partial charge >= 0.3 is 11.9 Å². The van der Waals surface area contributed by atoms with Gasteiger partial charge in [0, 0.05) is 35.1 Å². The second-order valence-corrected chi connectivity index (χ2v) is 9.71. The van der Waals surface area contributed by atoms with E-state index in [-0.39, 0.29) is 35.5 Å². The molecule has 0 aromatic heterocycles. The van der Waals surface area contributed by atoms with Crippen molar-refractivity contribution in [2.24, 2.45) is 0 Å². The quantitative estimate of drug-likeness (QED) is 0.237. The number of ether oxygens (including phenoxy) is 2. The Morgan fingerprint density at radius 1 is 0.632 bits per heavy atom. The van der Waals surface area contributed by atoms with Crippen LogP contribution in [0.5, 0.6) is 0 Å². The van der Waals surface area contributed by atoms with Crippen molar-refractivity contribution in [3.8, 4) is 0 Å². The molecule has 2 aromatic carbocycles. The Hall–Kier alpha value is -3.80. The first-order valence-electron chi connectivity index (χ1n) is 13.6. The van der Waals surface area contributed by atoms with Gasteiger partial charge in [0.05, 0.1) is 11.1 Å². The van der Waals surface area contributed by atoms with Gasteiger partial charge in [0.2, 0.25) is 0 Å². The van der Waals surface area contributed by atoms with Crippen LogP contribution in [0.3, 0.4) is 0 Å². The third-order valence-corrected chi connectivity index (χ3v) is 6.96. The minimum absolute atomic E-state index is 0.0188. The van der Waals surface area contributed by atoms with E-state index < -0.39 is 23.5 Å². The van der Waals surface area contributed by atoms with Gasteiger partial charge in [0.25, 0.3) is 0 Å². The van der Waals surface area contributed by atoms with Gasteiger partial charge < -0.3 is 9.47 Å². The van der Waals surface area contributed by atoms with E-state index in [9.17, 15) is 19.2 Å². The molecule has 0 unspecified atom stereocenters. The van der Waals surface area contributed by atoms with Gasteiger partial charge in [0.15, 0.2) is 23.1 Å². The number of fused-ring (bicyclic) bond motifs is 3. The highest BCUT2D eigenvalue weighted by Crippen LogP contribution is 2.45. The summed E-state index contributed by atoms with van der Waals surface area (Å²) in [5.41, 5.74) is 2.30. The third kappa shape index (κ3) is 5.40. The van der Waals surface area contributed by atoms with Crippen molar-refractivity contribution >= 4 is 35.0 Å². The number of carbonyl (C=O) groups excluding carboxylic acids is 4. The summed E-state index contributed by atoms with van der Waals surface area (Å²) in [5, 5.41) is 0. The van der Waals surface area contributed by atoms with Crippen LogP contribution in [0.25, 0.3) is 11.5 Å². The highest BCUT2D eigenvalue weighted by atomic mass is 16.5. The van der Waals surface area contributed by atoms with E-state index in [0.717, 1.165) is 31.2 Å². The van der Waals surface area contributed by atoms with E-state index >= 15 is 0 Å². The summed E-state index contributed by atoms with van der Waals surface area (Å²) >= 11 is 0. The average Bonchev–Trinajstić information content (AvgIpc) is 2.92. The topological polar surface area (TPSA) is 86.7 Å². The summed E-state index contributed by atoms with van der Waals surface area (Å²) in [4.78, 5) is 53.6. The summed E-state index contributed by atoms with van der Waals surface area (Å²) in [5.74, 6) is -1.69. The number of hydrogen-bond acceptors (Lipinski definition) is 6. The van der Waals surface area contributed by atoms with E-state index in [0.29, 0.717) is 41.5 Å². The van der Waals surface area contributed by atoms with Gasteiger partial charge in [-0.2, -0.15) is 0 Å². The predicted molar refractivity (Wildman–Crippen MR) is 145 cm³/mol. The average molecular weight is 515 g/mol. The molecule has 0 radical (unpaired) electrons. The largest absolute Gasteiger partial charge is 0.425 e. The zero-order valence-electron chi connectivity index (χ0n) is 22.4. The smallest absolute Gasteiger partial charge is 0.311 e. The normalized spacial score (nSPS) is 14.2. The number of ketones is 2. The van der Waals surface area contributed by atoms with Crippen molar-refractivity contribution in [2.75, 3.05) is 0 Å². The zero-order chi connectivity index (χ0) is 27.2. The third-order valence-electron chi connectivity index (χ3n) is 6.96. The maximum absolute atomic E-state index is 13.9. The number of rotatable bonds is 11. The first-order valence-corrected chi connectivity index (χ1v) is 13.6. The van der Waals surface area contributed by atoms with Crippen LogP contribution in [0.2, 0.25) is 0 Å². The second kappa shape index (κ2) is 12.2. The Morgan fingerprint density at radius 3 is 1.66 bits per heavy atom. The lowest BCUT2D eigenvalue weighted by Gasteiger charge is -2.29. The number of carbonyl (C=O) groups is 4. The lowest BCUT2D eigenvalue weighted by molar-refractivity contribution is -0.137. The highest BCUT2D eigenvalue weighted by Gasteiger charge is 2.43. The van der Waals surface area contributed by atoms with Crippen LogP contribution in [0.15, 0.2) is 53.6 Å². The fraction of sp³-hybridized carbons (Fsp3) is 0.375. The van der Waals surface area contributed by atoms with Crippen molar-refractivity contribution < 1.29 is 28.7 Å². The number of unbranched alkanes of at least 4 members (excludes halogenated alkanes) is 4. The van der Waals surface area contributed by atoms with Gasteiger partial charge in [-0.1, -0.05) is 82.9 Å². The predicted octanol–water partition coefficient (Wildman–Crippen LogP) is 7.01. The Bertz CT molecular complexity index is 1340. The lowest BCUT2D eigenvalue weighted by atomic mass is 9.76. The van der Waals surface area contributed by atoms with Crippen LogP contribution >= 0.6 is 0 Å². The monoisotopic (exact) mass is 514 g/mol. The summed E-state index contributed by atoms with van der Waals surface area (Å²) < 4.78 is 11.7. The molecule has 4 rings (SSSR count). The number of esters is 2. The van der Waals surface area contributed by atoms with Crippen LogP contribution in [-0.2, 0) is 25.5 Å². The molecule has 0 heterocycles. The molecule has 0 aliphatic heterocycles. The summed E-state index contributed by atoms with van der Waals surface area (Å²) in [7, 11) is 0. The van der Waals surface area contributed by atoms with Crippen molar-refractivity contribution in [1.29, 1.82) is 0 Å². The lowest BCUT2D eigenvalue weighted by Crippen LogP contribution is -2.29. The van der Waals surface area contributed by atoms with Crippen LogP contribution < -0.4 is 0 Å². The minimum Gasteiger partial charge on any atom is -0.425 e. The van der Waals surface area contributed by atoms with E-state index in [1.54, 1.807) is 36.4 Å². The molecule has 0 saturated carbocycles. The van der Waals surface area contributed by atoms with Gasteiger partial charge in [-0.25, -0.2) is 0 Å². The van der Waals surface area contributed by atoms with Crippen molar-refractivity contribution in [1.82, 2.24) is 0 Å². The highest BCUT2D eigenvalue weighted by molar-refractivity contribution is 6.34. The summed E-state index contributed by atoms with van der Waals surface area (Å²) in [6.45, 7) is 6.08. The van der Waals surface area contributed by atoms with E-state index in [1.165, 1.54) is 0 Å². The van der Waals surface area contributed by atoms with E-state index in [4.69, 9.17) is 9.47 Å². The van der Waals surface area contributed by atoms with E-state index in [1.807, 2.05) is 26.8 Å². The first kappa shape index (κ1) is 27.2. The Morgan fingerprint density at radius 2 is 1.13 bits per heavy atom. The number of hydrogen-bond donors (Lipinski definition) is 0.